The van der Waals surface area contributed by atoms with Crippen LogP contribution in [0, 0.1) is 0 Å². The molecule has 0 aliphatic heterocycles. The van der Waals surface area contributed by atoms with Crippen LogP contribution in [-0.2, 0) is 4.74 Å². The fraction of sp³-hybridized carbons (Fsp3) is 0.500. The largest absolute Gasteiger partial charge is 0.387 e. The number of carbonyl (C=O) groups is 1. The van der Waals surface area contributed by atoms with E-state index in [1.54, 1.807) is 32.4 Å². The van der Waals surface area contributed by atoms with Gasteiger partial charge in [0.2, 0.25) is 0 Å². The van der Waals surface area contributed by atoms with Gasteiger partial charge in [-0.1, -0.05) is 11.6 Å². The first kappa shape index (κ1) is 14.2. The van der Waals surface area contributed by atoms with Gasteiger partial charge in [0.05, 0.1) is 11.2 Å². The molecule has 1 amide bonds. The number of carbonyl (C=O) groups excluding carboxylic acids is 1. The van der Waals surface area contributed by atoms with E-state index in [1.807, 2.05) is 0 Å². The number of anilines is 1. The fourth-order valence-electron chi connectivity index (χ4n) is 2.28. The third kappa shape index (κ3) is 3.01. The molecule has 0 spiro atoms. The third-order valence-electron chi connectivity index (χ3n) is 3.76. The molecule has 5 heteroatoms. The molecule has 1 fully saturated rings. The number of ether oxygens (including phenoxy) is 1. The molecule has 0 radical (unpaired) electrons. The van der Waals surface area contributed by atoms with Crippen LogP contribution in [0.4, 0.5) is 5.69 Å². The first-order valence-corrected chi connectivity index (χ1v) is 6.79. The van der Waals surface area contributed by atoms with Gasteiger partial charge in [-0.3, -0.25) is 4.79 Å². The highest BCUT2D eigenvalue weighted by Gasteiger charge is 2.37. The molecule has 0 aromatic heterocycles. The molecule has 1 aliphatic rings. The summed E-state index contributed by atoms with van der Waals surface area (Å²) in [4.78, 5) is 12.2. The molecule has 0 unspecified atom stereocenters. The zero-order valence-corrected chi connectivity index (χ0v) is 12.0. The van der Waals surface area contributed by atoms with E-state index >= 15 is 0 Å². The van der Waals surface area contributed by atoms with Gasteiger partial charge in [0.1, 0.15) is 0 Å². The Kier molecular flexibility index (Phi) is 4.32. The van der Waals surface area contributed by atoms with E-state index in [-0.39, 0.29) is 11.5 Å². The summed E-state index contributed by atoms with van der Waals surface area (Å²) in [5.41, 5.74) is 1.15. The summed E-state index contributed by atoms with van der Waals surface area (Å²) in [5.74, 6) is -0.129. The van der Waals surface area contributed by atoms with Crippen LogP contribution in [0.2, 0.25) is 5.02 Å². The summed E-state index contributed by atoms with van der Waals surface area (Å²) in [6.45, 7) is 0.540. The van der Waals surface area contributed by atoms with Crippen molar-refractivity contribution >= 4 is 23.2 Å². The number of hydrogen-bond acceptors (Lipinski definition) is 3. The molecule has 1 aromatic rings. The predicted octanol–water partition coefficient (Wildman–Crippen LogP) is 2.68. The highest BCUT2D eigenvalue weighted by molar-refractivity contribution is 6.31. The second kappa shape index (κ2) is 5.80. The number of benzene rings is 1. The van der Waals surface area contributed by atoms with E-state index in [0.717, 1.165) is 24.9 Å². The molecule has 4 nitrogen and oxygen atoms in total. The zero-order valence-electron chi connectivity index (χ0n) is 11.3. The van der Waals surface area contributed by atoms with E-state index < -0.39 is 0 Å². The van der Waals surface area contributed by atoms with Crippen molar-refractivity contribution in [3.63, 3.8) is 0 Å². The first-order chi connectivity index (χ1) is 9.10. The van der Waals surface area contributed by atoms with Gasteiger partial charge < -0.3 is 15.4 Å². The lowest BCUT2D eigenvalue weighted by Gasteiger charge is -2.40. The minimum Gasteiger partial charge on any atom is -0.387 e. The maximum atomic E-state index is 12.2. The number of amides is 1. The Hall–Kier alpha value is -1.26. The number of halogens is 1. The van der Waals surface area contributed by atoms with Crippen LogP contribution in [0.3, 0.4) is 0 Å². The standard InChI is InChI=1S/C14H19ClN2O2/c1-16-12-5-4-10(15)8-11(12)13(18)17-9-14(19-2)6-3-7-14/h4-5,8,16H,3,6-7,9H2,1-2H3,(H,17,18). The molecule has 1 aromatic carbocycles. The molecular weight excluding hydrogens is 264 g/mol. The molecule has 0 saturated heterocycles. The molecule has 19 heavy (non-hydrogen) atoms. The fourth-order valence-corrected chi connectivity index (χ4v) is 2.46. The minimum absolute atomic E-state index is 0.129. The SMILES string of the molecule is CNc1ccc(Cl)cc1C(=O)NCC1(OC)CCC1. The van der Waals surface area contributed by atoms with Gasteiger partial charge in [-0.25, -0.2) is 0 Å². The molecule has 0 atom stereocenters. The van der Waals surface area contributed by atoms with E-state index in [9.17, 15) is 4.79 Å². The Labute approximate surface area is 118 Å². The summed E-state index contributed by atoms with van der Waals surface area (Å²) < 4.78 is 5.48. The van der Waals surface area contributed by atoms with Gasteiger partial charge in [-0.05, 0) is 37.5 Å². The van der Waals surface area contributed by atoms with Crippen molar-refractivity contribution in [1.29, 1.82) is 0 Å². The maximum absolute atomic E-state index is 12.2. The lowest BCUT2D eigenvalue weighted by Crippen LogP contribution is -2.49. The highest BCUT2D eigenvalue weighted by Crippen LogP contribution is 2.34. The molecule has 104 valence electrons. The maximum Gasteiger partial charge on any atom is 0.253 e. The number of rotatable bonds is 5. The van der Waals surface area contributed by atoms with Crippen LogP contribution >= 0.6 is 11.6 Å². The second-order valence-electron chi connectivity index (χ2n) is 4.86. The van der Waals surface area contributed by atoms with Crippen molar-refractivity contribution < 1.29 is 9.53 Å². The van der Waals surface area contributed by atoms with Crippen molar-refractivity contribution in [2.24, 2.45) is 0 Å². The van der Waals surface area contributed by atoms with E-state index in [1.165, 1.54) is 0 Å². The second-order valence-corrected chi connectivity index (χ2v) is 5.30. The Morgan fingerprint density at radius 1 is 1.47 bits per heavy atom. The Balaban J connectivity index is 2.05. The van der Waals surface area contributed by atoms with Gasteiger partial charge in [0, 0.05) is 31.4 Å². The van der Waals surface area contributed by atoms with Gasteiger partial charge >= 0.3 is 0 Å². The summed E-state index contributed by atoms with van der Waals surface area (Å²) in [7, 11) is 3.48. The van der Waals surface area contributed by atoms with Crippen molar-refractivity contribution in [3.8, 4) is 0 Å². The van der Waals surface area contributed by atoms with Crippen LogP contribution in [-0.4, -0.2) is 32.2 Å². The van der Waals surface area contributed by atoms with E-state index in [4.69, 9.17) is 16.3 Å². The highest BCUT2D eigenvalue weighted by atomic mass is 35.5. The summed E-state index contributed by atoms with van der Waals surface area (Å²) in [6.07, 6.45) is 3.15. The van der Waals surface area contributed by atoms with Gasteiger partial charge in [-0.2, -0.15) is 0 Å². The van der Waals surface area contributed by atoms with E-state index in [0.29, 0.717) is 17.1 Å². The average molecular weight is 283 g/mol. The van der Waals surface area contributed by atoms with Crippen LogP contribution in [0.1, 0.15) is 29.6 Å². The Morgan fingerprint density at radius 3 is 2.74 bits per heavy atom. The van der Waals surface area contributed by atoms with Crippen molar-refractivity contribution in [2.75, 3.05) is 26.0 Å². The Morgan fingerprint density at radius 2 is 2.21 bits per heavy atom. The zero-order chi connectivity index (χ0) is 13.9. The summed E-state index contributed by atoms with van der Waals surface area (Å²) in [6, 6.07) is 5.22. The lowest BCUT2D eigenvalue weighted by atomic mass is 9.80. The van der Waals surface area contributed by atoms with Crippen LogP contribution < -0.4 is 10.6 Å². The molecule has 0 heterocycles. The molecule has 0 bridgehead atoms. The predicted molar refractivity (Wildman–Crippen MR) is 76.9 cm³/mol. The molecule has 1 aliphatic carbocycles. The minimum atomic E-state index is -0.173. The van der Waals surface area contributed by atoms with Crippen LogP contribution in [0.25, 0.3) is 0 Å². The number of methoxy groups -OCH3 is 1. The number of nitrogens with one attached hydrogen (secondary N) is 2. The summed E-state index contributed by atoms with van der Waals surface area (Å²) >= 11 is 5.94. The molecular formula is C14H19ClN2O2. The molecule has 2 N–H and O–H groups in total. The number of hydrogen-bond donors (Lipinski definition) is 2. The monoisotopic (exact) mass is 282 g/mol. The topological polar surface area (TPSA) is 50.4 Å². The average Bonchev–Trinajstić information content (AvgIpc) is 2.37. The van der Waals surface area contributed by atoms with Crippen LogP contribution in [0.15, 0.2) is 18.2 Å². The smallest absolute Gasteiger partial charge is 0.253 e. The van der Waals surface area contributed by atoms with Crippen molar-refractivity contribution in [3.05, 3.63) is 28.8 Å². The van der Waals surface area contributed by atoms with Crippen molar-refractivity contribution in [1.82, 2.24) is 5.32 Å². The molecule has 2 rings (SSSR count). The van der Waals surface area contributed by atoms with Gasteiger partial charge in [0.25, 0.3) is 5.91 Å². The third-order valence-corrected chi connectivity index (χ3v) is 4.00. The van der Waals surface area contributed by atoms with Crippen LogP contribution in [0.5, 0.6) is 0 Å². The quantitative estimate of drug-likeness (QED) is 0.873. The van der Waals surface area contributed by atoms with E-state index in [2.05, 4.69) is 10.6 Å². The Bertz CT molecular complexity index is 467. The van der Waals surface area contributed by atoms with Crippen molar-refractivity contribution in [2.45, 2.75) is 24.9 Å². The molecule has 1 saturated carbocycles. The summed E-state index contributed by atoms with van der Waals surface area (Å²) in [5, 5.41) is 6.47. The van der Waals surface area contributed by atoms with Gasteiger partial charge in [-0.15, -0.1) is 0 Å². The van der Waals surface area contributed by atoms with Gasteiger partial charge in [0.15, 0.2) is 0 Å². The first-order valence-electron chi connectivity index (χ1n) is 6.41. The lowest BCUT2D eigenvalue weighted by molar-refractivity contribution is -0.0679. The normalized spacial score (nSPS) is 16.6.